The summed E-state index contributed by atoms with van der Waals surface area (Å²) >= 11 is 0. The normalized spacial score (nSPS) is 11.7. The first-order valence-electron chi connectivity index (χ1n) is 9.06. The lowest BCUT2D eigenvalue weighted by Crippen LogP contribution is -2.23. The number of carbonyl (C=O) groups excluding carboxylic acids is 1. The molecule has 0 aliphatic heterocycles. The molecule has 2 N–H and O–H groups in total. The van der Waals surface area contributed by atoms with Crippen molar-refractivity contribution in [1.82, 2.24) is 4.98 Å². The van der Waals surface area contributed by atoms with Crippen molar-refractivity contribution < 1.29 is 24.2 Å². The van der Waals surface area contributed by atoms with Gasteiger partial charge in [-0.25, -0.2) is 9.78 Å². The van der Waals surface area contributed by atoms with Crippen LogP contribution in [0.3, 0.4) is 0 Å². The average molecular weight is 394 g/mol. The zero-order valence-corrected chi connectivity index (χ0v) is 16.6. The molecule has 7 heteroatoms. The maximum absolute atomic E-state index is 11.5. The number of carboxylic acid groups (broad SMARTS) is 1. The Balaban J connectivity index is 2.14. The number of amides is 1. The Morgan fingerprint density at radius 2 is 1.86 bits per heavy atom. The first kappa shape index (κ1) is 20.1. The van der Waals surface area contributed by atoms with Gasteiger partial charge in [0.05, 0.1) is 24.0 Å². The molecule has 0 aliphatic rings. The van der Waals surface area contributed by atoms with Crippen LogP contribution < -0.4 is 14.8 Å². The van der Waals surface area contributed by atoms with E-state index in [4.69, 9.17) is 19.6 Å². The highest BCUT2D eigenvalue weighted by Gasteiger charge is 2.17. The van der Waals surface area contributed by atoms with Crippen LogP contribution in [0.5, 0.6) is 11.5 Å². The predicted molar refractivity (Wildman–Crippen MR) is 110 cm³/mol. The third kappa shape index (κ3) is 4.29. The number of hydrogen-bond donors (Lipinski definition) is 2. The second-order valence-corrected chi connectivity index (χ2v) is 6.67. The van der Waals surface area contributed by atoms with Crippen LogP contribution in [0.2, 0.25) is 0 Å². The highest BCUT2D eigenvalue weighted by molar-refractivity contribution is 5.96. The van der Waals surface area contributed by atoms with E-state index < -0.39 is 12.1 Å². The molecule has 0 spiro atoms. The van der Waals surface area contributed by atoms with Crippen LogP contribution in [0.25, 0.3) is 22.2 Å². The molecule has 1 atom stereocenters. The molecule has 1 amide bonds. The van der Waals surface area contributed by atoms with Crippen LogP contribution in [-0.2, 0) is 9.59 Å². The van der Waals surface area contributed by atoms with Crippen LogP contribution in [-0.4, -0.2) is 35.2 Å². The Labute approximate surface area is 168 Å². The van der Waals surface area contributed by atoms with Gasteiger partial charge in [0.1, 0.15) is 11.5 Å². The van der Waals surface area contributed by atoms with Gasteiger partial charge in [-0.15, -0.1) is 0 Å². The molecular weight excluding hydrogens is 372 g/mol. The van der Waals surface area contributed by atoms with E-state index in [1.807, 2.05) is 31.2 Å². The second kappa shape index (κ2) is 8.18. The number of nitrogens with one attached hydrogen (secondary N) is 1. The maximum atomic E-state index is 11.5. The van der Waals surface area contributed by atoms with Crippen molar-refractivity contribution in [1.29, 1.82) is 0 Å². The van der Waals surface area contributed by atoms with Crippen molar-refractivity contribution in [2.24, 2.45) is 0 Å². The fourth-order valence-corrected chi connectivity index (χ4v) is 3.04. The van der Waals surface area contributed by atoms with E-state index in [1.165, 1.54) is 13.8 Å². The molecule has 1 heterocycles. The number of benzene rings is 2. The third-order valence-electron chi connectivity index (χ3n) is 4.46. The zero-order valence-electron chi connectivity index (χ0n) is 16.6. The van der Waals surface area contributed by atoms with Crippen LogP contribution in [0.15, 0.2) is 42.5 Å². The van der Waals surface area contributed by atoms with Gasteiger partial charge in [-0.3, -0.25) is 4.79 Å². The molecule has 0 saturated heterocycles. The topological polar surface area (TPSA) is 97.8 Å². The van der Waals surface area contributed by atoms with E-state index in [0.717, 1.165) is 10.9 Å². The number of carbonyl (C=O) groups is 2. The van der Waals surface area contributed by atoms with Gasteiger partial charge in [0.15, 0.2) is 6.10 Å². The molecule has 0 bridgehead atoms. The standard InChI is InChI=1S/C22H22N2O5/c1-12-9-17(15-7-5-6-8-20(15)29-13(2)22(26)27)24-18-11-19(23-14(3)25)21(28-4)10-16(12)18/h5-11,13H,1-4H3,(H,23,25)(H,26,27). The van der Waals surface area contributed by atoms with Gasteiger partial charge in [-0.2, -0.15) is 0 Å². The number of aliphatic carboxylic acids is 1. The van der Waals surface area contributed by atoms with Gasteiger partial charge in [-0.05, 0) is 49.7 Å². The molecule has 150 valence electrons. The number of rotatable bonds is 6. The van der Waals surface area contributed by atoms with Crippen LogP contribution in [0.4, 0.5) is 5.69 Å². The Hall–Kier alpha value is -3.61. The number of aryl methyl sites for hydroxylation is 1. The number of carboxylic acids is 1. The molecule has 0 saturated carbocycles. The van der Waals surface area contributed by atoms with E-state index in [2.05, 4.69) is 5.32 Å². The number of nitrogens with zero attached hydrogens (tertiary/aromatic N) is 1. The molecule has 3 rings (SSSR count). The number of aromatic nitrogens is 1. The van der Waals surface area contributed by atoms with E-state index >= 15 is 0 Å². The first-order chi connectivity index (χ1) is 13.8. The number of anilines is 1. The maximum Gasteiger partial charge on any atom is 0.344 e. The van der Waals surface area contributed by atoms with Crippen molar-refractivity contribution in [3.63, 3.8) is 0 Å². The number of methoxy groups -OCH3 is 1. The van der Waals surface area contributed by atoms with E-state index in [-0.39, 0.29) is 5.91 Å². The molecule has 0 radical (unpaired) electrons. The number of fused-ring (bicyclic) bond motifs is 1. The third-order valence-corrected chi connectivity index (χ3v) is 4.46. The molecule has 29 heavy (non-hydrogen) atoms. The van der Waals surface area contributed by atoms with Gasteiger partial charge in [-0.1, -0.05) is 12.1 Å². The summed E-state index contributed by atoms with van der Waals surface area (Å²) in [6, 6.07) is 12.7. The summed E-state index contributed by atoms with van der Waals surface area (Å²) in [5.74, 6) is -0.278. The van der Waals surface area contributed by atoms with Crippen LogP contribution >= 0.6 is 0 Å². The smallest absolute Gasteiger partial charge is 0.344 e. The summed E-state index contributed by atoms with van der Waals surface area (Å²) < 4.78 is 11.0. The lowest BCUT2D eigenvalue weighted by atomic mass is 10.0. The molecule has 3 aromatic rings. The second-order valence-electron chi connectivity index (χ2n) is 6.67. The van der Waals surface area contributed by atoms with E-state index in [9.17, 15) is 9.59 Å². The highest BCUT2D eigenvalue weighted by Crippen LogP contribution is 2.35. The molecule has 0 aliphatic carbocycles. The minimum absolute atomic E-state index is 0.211. The van der Waals surface area contributed by atoms with Crippen molar-refractivity contribution in [3.8, 4) is 22.8 Å². The number of pyridine rings is 1. The van der Waals surface area contributed by atoms with Gasteiger partial charge >= 0.3 is 5.97 Å². The Kier molecular flexibility index (Phi) is 5.68. The minimum Gasteiger partial charge on any atom is -0.495 e. The average Bonchev–Trinajstić information content (AvgIpc) is 2.67. The molecule has 7 nitrogen and oxygen atoms in total. The Morgan fingerprint density at radius 3 is 2.52 bits per heavy atom. The Bertz CT molecular complexity index is 1090. The Morgan fingerprint density at radius 1 is 1.14 bits per heavy atom. The lowest BCUT2D eigenvalue weighted by molar-refractivity contribution is -0.144. The molecule has 2 aromatic carbocycles. The monoisotopic (exact) mass is 394 g/mol. The van der Waals surface area contributed by atoms with Crippen molar-refractivity contribution >= 4 is 28.5 Å². The lowest BCUT2D eigenvalue weighted by Gasteiger charge is -2.16. The summed E-state index contributed by atoms with van der Waals surface area (Å²) in [7, 11) is 1.54. The van der Waals surface area contributed by atoms with Gasteiger partial charge < -0.3 is 19.9 Å². The summed E-state index contributed by atoms with van der Waals surface area (Å²) in [5.41, 5.74) is 3.48. The van der Waals surface area contributed by atoms with Crippen molar-refractivity contribution in [2.45, 2.75) is 26.9 Å². The van der Waals surface area contributed by atoms with Crippen LogP contribution in [0.1, 0.15) is 19.4 Å². The predicted octanol–water partition coefficient (Wildman–Crippen LogP) is 4.03. The summed E-state index contributed by atoms with van der Waals surface area (Å²) in [4.78, 5) is 27.4. The van der Waals surface area contributed by atoms with Gasteiger partial charge in [0.25, 0.3) is 0 Å². The molecule has 1 unspecified atom stereocenters. The fourth-order valence-electron chi connectivity index (χ4n) is 3.04. The van der Waals surface area contributed by atoms with E-state index in [1.54, 1.807) is 25.3 Å². The summed E-state index contributed by atoms with van der Waals surface area (Å²) in [6.07, 6.45) is -0.992. The molecule has 1 aromatic heterocycles. The summed E-state index contributed by atoms with van der Waals surface area (Å²) in [6.45, 7) is 4.86. The minimum atomic E-state index is -1.05. The van der Waals surface area contributed by atoms with Gasteiger partial charge in [0.2, 0.25) is 5.91 Å². The molecular formula is C22H22N2O5. The number of para-hydroxylation sites is 1. The number of ether oxygens (including phenoxy) is 2. The zero-order chi connectivity index (χ0) is 21.1. The largest absolute Gasteiger partial charge is 0.495 e. The summed E-state index contributed by atoms with van der Waals surface area (Å²) in [5, 5.41) is 12.8. The molecule has 0 fully saturated rings. The SMILES string of the molecule is COc1cc2c(C)cc(-c3ccccc3OC(C)C(=O)O)nc2cc1NC(C)=O. The van der Waals surface area contributed by atoms with Crippen LogP contribution in [0, 0.1) is 6.92 Å². The van der Waals surface area contributed by atoms with Gasteiger partial charge in [0, 0.05) is 17.9 Å². The fraction of sp³-hybridized carbons (Fsp3) is 0.227. The number of hydrogen-bond acceptors (Lipinski definition) is 5. The first-order valence-corrected chi connectivity index (χ1v) is 9.06. The highest BCUT2D eigenvalue weighted by atomic mass is 16.5. The van der Waals surface area contributed by atoms with Crippen molar-refractivity contribution in [3.05, 3.63) is 48.0 Å². The van der Waals surface area contributed by atoms with E-state index in [0.29, 0.717) is 34.0 Å². The van der Waals surface area contributed by atoms with Crippen molar-refractivity contribution in [2.75, 3.05) is 12.4 Å². The quantitative estimate of drug-likeness (QED) is 0.655.